The number of unbranched alkanes of at least 4 members (excludes halogenated alkanes) is 1. The predicted molar refractivity (Wildman–Crippen MR) is 50.1 cm³/mol. The van der Waals surface area contributed by atoms with Gasteiger partial charge in [0.05, 0.1) is 12.7 Å². The number of nitrogens with zero attached hydrogens (tertiary/aromatic N) is 1. The number of rotatable bonds is 7. The van der Waals surface area contributed by atoms with Crippen molar-refractivity contribution in [3.05, 3.63) is 0 Å². The third-order valence-electron chi connectivity index (χ3n) is 1.77. The van der Waals surface area contributed by atoms with Gasteiger partial charge in [0.2, 0.25) is 0 Å². The molecule has 0 saturated heterocycles. The maximum Gasteiger partial charge on any atom is 0.0639 e. The van der Waals surface area contributed by atoms with E-state index in [1.54, 1.807) is 6.92 Å². The molecule has 0 fully saturated rings. The minimum absolute atomic E-state index is 0.177. The summed E-state index contributed by atoms with van der Waals surface area (Å²) in [5.41, 5.74) is 0. The second-order valence-corrected chi connectivity index (χ2v) is 3.23. The highest BCUT2D eigenvalue weighted by Crippen LogP contribution is 1.96. The molecule has 0 radical (unpaired) electrons. The zero-order valence-corrected chi connectivity index (χ0v) is 8.16. The molecule has 12 heavy (non-hydrogen) atoms. The molecule has 0 spiro atoms. The van der Waals surface area contributed by atoms with Crippen molar-refractivity contribution in [2.75, 3.05) is 26.2 Å². The molecular weight excluding hydrogens is 154 g/mol. The van der Waals surface area contributed by atoms with Crippen LogP contribution in [0.4, 0.5) is 0 Å². The molecule has 0 heterocycles. The van der Waals surface area contributed by atoms with Gasteiger partial charge in [-0.2, -0.15) is 0 Å². The molecule has 0 amide bonds. The van der Waals surface area contributed by atoms with Crippen molar-refractivity contribution in [1.29, 1.82) is 0 Å². The molecule has 0 aliphatic carbocycles. The number of aliphatic hydroxyl groups excluding tert-OH is 2. The highest BCUT2D eigenvalue weighted by molar-refractivity contribution is 4.60. The van der Waals surface area contributed by atoms with Crippen LogP contribution < -0.4 is 0 Å². The van der Waals surface area contributed by atoms with Crippen LogP contribution in [-0.2, 0) is 0 Å². The summed E-state index contributed by atoms with van der Waals surface area (Å²) in [6.07, 6.45) is 1.99. The average molecular weight is 175 g/mol. The Hall–Kier alpha value is -0.120. The molecule has 3 heteroatoms. The van der Waals surface area contributed by atoms with Gasteiger partial charge in [0.15, 0.2) is 0 Å². The Kier molecular flexibility index (Phi) is 7.45. The van der Waals surface area contributed by atoms with Crippen LogP contribution in [0.3, 0.4) is 0 Å². The molecule has 2 N–H and O–H groups in total. The quantitative estimate of drug-likeness (QED) is 0.591. The number of hydrogen-bond acceptors (Lipinski definition) is 3. The van der Waals surface area contributed by atoms with Gasteiger partial charge in [0, 0.05) is 13.1 Å². The second-order valence-electron chi connectivity index (χ2n) is 3.23. The number of hydrogen-bond donors (Lipinski definition) is 2. The van der Waals surface area contributed by atoms with Crippen LogP contribution in [0.2, 0.25) is 0 Å². The summed E-state index contributed by atoms with van der Waals surface area (Å²) >= 11 is 0. The van der Waals surface area contributed by atoms with E-state index in [-0.39, 0.29) is 12.7 Å². The summed E-state index contributed by atoms with van der Waals surface area (Å²) in [4.78, 5) is 2.09. The van der Waals surface area contributed by atoms with E-state index in [2.05, 4.69) is 11.8 Å². The lowest BCUT2D eigenvalue weighted by Crippen LogP contribution is -2.34. The average Bonchev–Trinajstić information content (AvgIpc) is 2.00. The maximum absolute atomic E-state index is 9.13. The van der Waals surface area contributed by atoms with Crippen LogP contribution in [0.25, 0.3) is 0 Å². The van der Waals surface area contributed by atoms with Crippen LogP contribution >= 0.6 is 0 Å². The topological polar surface area (TPSA) is 43.7 Å². The lowest BCUT2D eigenvalue weighted by molar-refractivity contribution is 0.110. The highest BCUT2D eigenvalue weighted by Gasteiger charge is 2.05. The Labute approximate surface area is 75.0 Å². The van der Waals surface area contributed by atoms with Crippen LogP contribution in [0.1, 0.15) is 26.7 Å². The molecule has 1 unspecified atom stereocenters. The fourth-order valence-corrected chi connectivity index (χ4v) is 1.19. The Bertz CT molecular complexity index is 96.5. The van der Waals surface area contributed by atoms with E-state index in [4.69, 9.17) is 10.2 Å². The molecule has 1 atom stereocenters. The summed E-state index contributed by atoms with van der Waals surface area (Å²) < 4.78 is 0. The first kappa shape index (κ1) is 11.9. The van der Waals surface area contributed by atoms with Gasteiger partial charge in [-0.3, -0.25) is 4.90 Å². The van der Waals surface area contributed by atoms with Crippen molar-refractivity contribution >= 4 is 0 Å². The van der Waals surface area contributed by atoms with Gasteiger partial charge in [-0.15, -0.1) is 0 Å². The molecule has 0 aliphatic heterocycles. The minimum atomic E-state index is -0.298. The third-order valence-corrected chi connectivity index (χ3v) is 1.77. The standard InChI is InChI=1S/C9H21NO2/c1-3-4-5-10(6-7-11)8-9(2)12/h9,11-12H,3-8H2,1-2H3. The van der Waals surface area contributed by atoms with Gasteiger partial charge in [-0.1, -0.05) is 13.3 Å². The van der Waals surface area contributed by atoms with Crippen molar-refractivity contribution in [2.24, 2.45) is 0 Å². The molecule has 0 aromatic carbocycles. The van der Waals surface area contributed by atoms with Gasteiger partial charge >= 0.3 is 0 Å². The van der Waals surface area contributed by atoms with Crippen LogP contribution in [0.15, 0.2) is 0 Å². The van der Waals surface area contributed by atoms with E-state index in [1.165, 1.54) is 0 Å². The maximum atomic E-state index is 9.13. The Balaban J connectivity index is 3.54. The van der Waals surface area contributed by atoms with Crippen molar-refractivity contribution in [2.45, 2.75) is 32.8 Å². The van der Waals surface area contributed by atoms with Gasteiger partial charge in [0.1, 0.15) is 0 Å². The molecule has 0 rings (SSSR count). The SMILES string of the molecule is CCCCN(CCO)CC(C)O. The van der Waals surface area contributed by atoms with E-state index in [0.29, 0.717) is 13.1 Å². The van der Waals surface area contributed by atoms with Crippen LogP contribution in [-0.4, -0.2) is 47.5 Å². The monoisotopic (exact) mass is 175 g/mol. The first-order valence-corrected chi connectivity index (χ1v) is 4.72. The Morgan fingerprint density at radius 1 is 1.33 bits per heavy atom. The molecule has 0 aliphatic rings. The molecule has 0 aromatic rings. The smallest absolute Gasteiger partial charge is 0.0639 e. The normalized spacial score (nSPS) is 13.8. The van der Waals surface area contributed by atoms with Crippen molar-refractivity contribution in [1.82, 2.24) is 4.90 Å². The largest absolute Gasteiger partial charge is 0.395 e. The third kappa shape index (κ3) is 6.58. The minimum Gasteiger partial charge on any atom is -0.395 e. The molecule has 3 nitrogen and oxygen atoms in total. The lowest BCUT2D eigenvalue weighted by atomic mass is 10.3. The molecule has 0 bridgehead atoms. The molecule has 0 aromatic heterocycles. The summed E-state index contributed by atoms with van der Waals surface area (Å²) in [7, 11) is 0. The van der Waals surface area contributed by atoms with E-state index in [1.807, 2.05) is 0 Å². The van der Waals surface area contributed by atoms with Gasteiger partial charge < -0.3 is 10.2 Å². The van der Waals surface area contributed by atoms with Gasteiger partial charge in [0.25, 0.3) is 0 Å². The zero-order valence-electron chi connectivity index (χ0n) is 8.16. The van der Waals surface area contributed by atoms with Crippen molar-refractivity contribution in [3.8, 4) is 0 Å². The first-order chi connectivity index (χ1) is 5.70. The van der Waals surface area contributed by atoms with Gasteiger partial charge in [-0.05, 0) is 19.9 Å². The second kappa shape index (κ2) is 7.53. The summed E-state index contributed by atoms with van der Waals surface area (Å²) in [5.74, 6) is 0. The predicted octanol–water partition coefficient (Wildman–Crippen LogP) is 0.462. The van der Waals surface area contributed by atoms with Crippen LogP contribution in [0, 0.1) is 0 Å². The molecular formula is C9H21NO2. The van der Waals surface area contributed by atoms with E-state index >= 15 is 0 Å². The summed E-state index contributed by atoms with van der Waals surface area (Å²) in [6.45, 7) is 6.40. The van der Waals surface area contributed by atoms with E-state index in [0.717, 1.165) is 19.4 Å². The highest BCUT2D eigenvalue weighted by atomic mass is 16.3. The lowest BCUT2D eigenvalue weighted by Gasteiger charge is -2.22. The molecule has 0 saturated carbocycles. The fraction of sp³-hybridized carbons (Fsp3) is 1.00. The van der Waals surface area contributed by atoms with Crippen molar-refractivity contribution < 1.29 is 10.2 Å². The van der Waals surface area contributed by atoms with Gasteiger partial charge in [-0.25, -0.2) is 0 Å². The van der Waals surface area contributed by atoms with Crippen molar-refractivity contribution in [3.63, 3.8) is 0 Å². The Morgan fingerprint density at radius 2 is 2.00 bits per heavy atom. The fourth-order valence-electron chi connectivity index (χ4n) is 1.19. The van der Waals surface area contributed by atoms with E-state index < -0.39 is 0 Å². The number of aliphatic hydroxyl groups is 2. The molecule has 74 valence electrons. The Morgan fingerprint density at radius 3 is 2.42 bits per heavy atom. The zero-order chi connectivity index (χ0) is 9.40. The first-order valence-electron chi connectivity index (χ1n) is 4.72. The van der Waals surface area contributed by atoms with Crippen LogP contribution in [0.5, 0.6) is 0 Å². The summed E-state index contributed by atoms with van der Waals surface area (Å²) in [5, 5.41) is 17.9. The summed E-state index contributed by atoms with van der Waals surface area (Å²) in [6, 6.07) is 0. The van der Waals surface area contributed by atoms with E-state index in [9.17, 15) is 0 Å².